The molecule has 0 aromatic carbocycles. The first-order valence-corrected chi connectivity index (χ1v) is 7.16. The van der Waals surface area contributed by atoms with Crippen LogP contribution < -0.4 is 11.1 Å². The van der Waals surface area contributed by atoms with Crippen LogP contribution in [0.25, 0.3) is 0 Å². The molecule has 5 nitrogen and oxygen atoms in total. The Bertz CT molecular complexity index is 422. The van der Waals surface area contributed by atoms with Crippen LogP contribution in [0.4, 0.5) is 0 Å². The van der Waals surface area contributed by atoms with Crippen LogP contribution in [0.15, 0.2) is 15.9 Å². The zero-order chi connectivity index (χ0) is 13.5. The summed E-state index contributed by atoms with van der Waals surface area (Å²) in [6.45, 7) is 2.97. The molecule has 0 saturated carbocycles. The Morgan fingerprint density at radius 1 is 1.50 bits per heavy atom. The van der Waals surface area contributed by atoms with E-state index in [0.29, 0.717) is 13.1 Å². The molecule has 7 heteroatoms. The highest BCUT2D eigenvalue weighted by molar-refractivity contribution is 9.11. The van der Waals surface area contributed by atoms with E-state index in [0.717, 1.165) is 8.66 Å². The van der Waals surface area contributed by atoms with E-state index in [1.54, 1.807) is 16.2 Å². The van der Waals surface area contributed by atoms with Gasteiger partial charge in [-0.05, 0) is 35.0 Å². The van der Waals surface area contributed by atoms with E-state index >= 15 is 0 Å². The number of thiophene rings is 1. The van der Waals surface area contributed by atoms with Crippen LogP contribution in [-0.4, -0.2) is 36.3 Å². The van der Waals surface area contributed by atoms with Crippen LogP contribution in [0.3, 0.4) is 0 Å². The summed E-state index contributed by atoms with van der Waals surface area (Å²) < 4.78 is 1.04. The minimum atomic E-state index is -0.321. The smallest absolute Gasteiger partial charge is 0.242 e. The van der Waals surface area contributed by atoms with E-state index in [1.165, 1.54) is 0 Å². The maximum Gasteiger partial charge on any atom is 0.242 e. The van der Waals surface area contributed by atoms with Crippen LogP contribution in [0.1, 0.15) is 11.8 Å². The van der Waals surface area contributed by atoms with Gasteiger partial charge >= 0.3 is 0 Å². The Balaban J connectivity index is 2.49. The fraction of sp³-hybridized carbons (Fsp3) is 0.455. The first-order chi connectivity index (χ1) is 8.56. The van der Waals surface area contributed by atoms with Gasteiger partial charge in [0.25, 0.3) is 0 Å². The second kappa shape index (κ2) is 7.50. The molecule has 0 aliphatic rings. The molecule has 0 radical (unpaired) electrons. The van der Waals surface area contributed by atoms with Crippen LogP contribution in [0.5, 0.6) is 0 Å². The van der Waals surface area contributed by atoms with Gasteiger partial charge in [0.15, 0.2) is 0 Å². The highest BCUT2D eigenvalue weighted by Gasteiger charge is 2.13. The number of nitrogens with two attached hydrogens (primary N) is 1. The number of amides is 2. The molecule has 0 spiro atoms. The molecule has 0 aliphatic heterocycles. The van der Waals surface area contributed by atoms with E-state index in [-0.39, 0.29) is 24.9 Å². The van der Waals surface area contributed by atoms with E-state index < -0.39 is 0 Å². The van der Waals surface area contributed by atoms with Crippen molar-refractivity contribution in [2.45, 2.75) is 13.5 Å². The van der Waals surface area contributed by atoms with Crippen molar-refractivity contribution < 1.29 is 9.59 Å². The number of likely N-dealkylation sites (N-methyl/N-ethyl adjacent to an activating group) is 1. The first kappa shape index (κ1) is 15.1. The number of hydrogen-bond donors (Lipinski definition) is 2. The van der Waals surface area contributed by atoms with Crippen LogP contribution >= 0.6 is 27.3 Å². The average molecular weight is 334 g/mol. The molecule has 0 saturated heterocycles. The van der Waals surface area contributed by atoms with E-state index in [4.69, 9.17) is 5.73 Å². The standard InChI is InChI=1S/C11H16BrN3O2S/c1-2-15(7-8-3-4-9(12)18-8)11(17)6-14-10(16)5-13/h3-4H,2,5-7,13H2,1H3,(H,14,16). The summed E-state index contributed by atoms with van der Waals surface area (Å²) in [5, 5.41) is 2.48. The number of halogens is 1. The van der Waals surface area contributed by atoms with Crippen molar-refractivity contribution in [3.05, 3.63) is 20.8 Å². The van der Waals surface area contributed by atoms with Crippen molar-refractivity contribution in [1.82, 2.24) is 10.2 Å². The molecule has 100 valence electrons. The summed E-state index contributed by atoms with van der Waals surface area (Å²) in [5.41, 5.74) is 5.15. The normalized spacial score (nSPS) is 10.2. The molecule has 0 aliphatic carbocycles. The van der Waals surface area contributed by atoms with Crippen molar-refractivity contribution in [1.29, 1.82) is 0 Å². The van der Waals surface area contributed by atoms with Gasteiger partial charge < -0.3 is 16.0 Å². The highest BCUT2D eigenvalue weighted by atomic mass is 79.9. The molecular formula is C11H16BrN3O2S. The molecule has 3 N–H and O–H groups in total. The second-order valence-corrected chi connectivity index (χ2v) is 6.14. The van der Waals surface area contributed by atoms with Crippen molar-refractivity contribution in [2.75, 3.05) is 19.6 Å². The number of nitrogens with one attached hydrogen (secondary N) is 1. The molecule has 2 amide bonds. The number of carbonyl (C=O) groups is 2. The Hall–Kier alpha value is -0.920. The number of hydrogen-bond acceptors (Lipinski definition) is 4. The fourth-order valence-corrected chi connectivity index (χ4v) is 2.86. The van der Waals surface area contributed by atoms with Gasteiger partial charge in [-0.3, -0.25) is 9.59 Å². The molecule has 1 aromatic heterocycles. The van der Waals surface area contributed by atoms with Gasteiger partial charge in [0.05, 0.1) is 23.4 Å². The van der Waals surface area contributed by atoms with E-state index in [1.807, 2.05) is 19.1 Å². The summed E-state index contributed by atoms with van der Waals surface area (Å²) >= 11 is 4.98. The van der Waals surface area contributed by atoms with Gasteiger partial charge in [0, 0.05) is 11.4 Å². The van der Waals surface area contributed by atoms with Gasteiger partial charge in [0.1, 0.15) is 0 Å². The van der Waals surface area contributed by atoms with Gasteiger partial charge in [-0.15, -0.1) is 11.3 Å². The van der Waals surface area contributed by atoms with Crippen LogP contribution in [-0.2, 0) is 16.1 Å². The average Bonchev–Trinajstić information content (AvgIpc) is 2.78. The van der Waals surface area contributed by atoms with Gasteiger partial charge in [-0.1, -0.05) is 0 Å². The lowest BCUT2D eigenvalue weighted by molar-refractivity contribution is -0.132. The summed E-state index contributed by atoms with van der Waals surface area (Å²) in [7, 11) is 0. The van der Waals surface area contributed by atoms with Gasteiger partial charge in [-0.25, -0.2) is 0 Å². The quantitative estimate of drug-likeness (QED) is 0.813. The van der Waals surface area contributed by atoms with Crippen LogP contribution in [0.2, 0.25) is 0 Å². The summed E-state index contributed by atoms with van der Waals surface area (Å²) in [6, 6.07) is 3.93. The molecule has 0 fully saturated rings. The monoisotopic (exact) mass is 333 g/mol. The molecule has 0 unspecified atom stereocenters. The van der Waals surface area contributed by atoms with Crippen molar-refractivity contribution in [3.8, 4) is 0 Å². The number of carbonyl (C=O) groups excluding carboxylic acids is 2. The highest BCUT2D eigenvalue weighted by Crippen LogP contribution is 2.23. The zero-order valence-electron chi connectivity index (χ0n) is 10.1. The maximum absolute atomic E-state index is 11.9. The Morgan fingerprint density at radius 3 is 2.72 bits per heavy atom. The summed E-state index contributed by atoms with van der Waals surface area (Å²) in [5.74, 6) is -0.429. The molecule has 0 bridgehead atoms. The van der Waals surface area contributed by atoms with Gasteiger partial charge in [0.2, 0.25) is 11.8 Å². The lowest BCUT2D eigenvalue weighted by Crippen LogP contribution is -2.41. The third-order valence-corrected chi connectivity index (χ3v) is 3.94. The first-order valence-electron chi connectivity index (χ1n) is 5.55. The Kier molecular flexibility index (Phi) is 6.31. The molecule has 0 atom stereocenters. The third-order valence-electron chi connectivity index (χ3n) is 2.33. The van der Waals surface area contributed by atoms with Crippen molar-refractivity contribution in [3.63, 3.8) is 0 Å². The predicted molar refractivity (Wildman–Crippen MR) is 75.2 cm³/mol. The number of nitrogens with zero attached hydrogens (tertiary/aromatic N) is 1. The summed E-state index contributed by atoms with van der Waals surface area (Å²) in [6.07, 6.45) is 0. The third kappa shape index (κ3) is 4.75. The largest absolute Gasteiger partial charge is 0.346 e. The van der Waals surface area contributed by atoms with Crippen molar-refractivity contribution >= 4 is 39.1 Å². The van der Waals surface area contributed by atoms with Gasteiger partial charge in [-0.2, -0.15) is 0 Å². The van der Waals surface area contributed by atoms with E-state index in [9.17, 15) is 9.59 Å². The lowest BCUT2D eigenvalue weighted by Gasteiger charge is -2.20. The molecular weight excluding hydrogens is 318 g/mol. The Morgan fingerprint density at radius 2 is 2.22 bits per heavy atom. The lowest BCUT2D eigenvalue weighted by atomic mass is 10.4. The predicted octanol–water partition coefficient (Wildman–Crippen LogP) is 0.934. The molecule has 18 heavy (non-hydrogen) atoms. The van der Waals surface area contributed by atoms with Crippen molar-refractivity contribution in [2.24, 2.45) is 5.73 Å². The van der Waals surface area contributed by atoms with Crippen LogP contribution in [0, 0.1) is 0 Å². The second-order valence-electron chi connectivity index (χ2n) is 3.59. The topological polar surface area (TPSA) is 75.4 Å². The fourth-order valence-electron chi connectivity index (χ4n) is 1.36. The maximum atomic E-state index is 11.9. The minimum Gasteiger partial charge on any atom is -0.346 e. The Labute approximate surface area is 118 Å². The summed E-state index contributed by atoms with van der Waals surface area (Å²) in [4.78, 5) is 25.6. The van der Waals surface area contributed by atoms with E-state index in [2.05, 4.69) is 21.2 Å². The molecule has 1 rings (SSSR count). The molecule has 1 heterocycles. The SMILES string of the molecule is CCN(Cc1ccc(Br)s1)C(=O)CNC(=O)CN. The molecule has 1 aromatic rings. The zero-order valence-corrected chi connectivity index (χ0v) is 12.5. The number of rotatable bonds is 6. The minimum absolute atomic E-state index is 0.00355.